The van der Waals surface area contributed by atoms with Crippen molar-refractivity contribution >= 4 is 28.7 Å². The number of carbonyl (C=O) groups is 1. The minimum Gasteiger partial charge on any atom is -0.286 e. The Morgan fingerprint density at radius 1 is 1.21 bits per heavy atom. The highest BCUT2D eigenvalue weighted by Crippen LogP contribution is 2.25. The van der Waals surface area contributed by atoms with E-state index in [1.165, 1.54) is 22.2 Å². The molecule has 0 aliphatic carbocycles. The molecule has 0 radical (unpaired) electrons. The van der Waals surface area contributed by atoms with Crippen LogP contribution in [0.15, 0.2) is 48.0 Å². The first kappa shape index (κ1) is 12.1. The Labute approximate surface area is 118 Å². The lowest BCUT2D eigenvalue weighted by Gasteiger charge is -2.04. The molecule has 0 saturated carbocycles. The van der Waals surface area contributed by atoms with Crippen LogP contribution < -0.4 is 0 Å². The number of nitrogens with zero attached hydrogens (tertiary/aromatic N) is 3. The van der Waals surface area contributed by atoms with Crippen molar-refractivity contribution in [1.29, 1.82) is 0 Å². The number of hydrogen-bond donors (Lipinski definition) is 0. The molecule has 2 aromatic heterocycles. The molecule has 2 heterocycles. The molecule has 4 nitrogen and oxygen atoms in total. The number of aromatic nitrogens is 3. The molecular formula is C13H8ClN3OS. The van der Waals surface area contributed by atoms with E-state index < -0.39 is 0 Å². The van der Waals surface area contributed by atoms with Gasteiger partial charge in [0.25, 0.3) is 0 Å². The van der Waals surface area contributed by atoms with Gasteiger partial charge in [0.2, 0.25) is 5.78 Å². The lowest BCUT2D eigenvalue weighted by molar-refractivity contribution is 0.103. The summed E-state index contributed by atoms with van der Waals surface area (Å²) in [6.07, 6.45) is 1.45. The second-order valence-corrected chi connectivity index (χ2v) is 5.12. The Morgan fingerprint density at radius 3 is 2.68 bits per heavy atom. The zero-order valence-electron chi connectivity index (χ0n) is 9.65. The van der Waals surface area contributed by atoms with Gasteiger partial charge in [0, 0.05) is 0 Å². The molecule has 0 unspecified atom stereocenters. The average molecular weight is 290 g/mol. The van der Waals surface area contributed by atoms with Crippen LogP contribution in [0.25, 0.3) is 5.69 Å². The van der Waals surface area contributed by atoms with Crippen LogP contribution in [0.4, 0.5) is 0 Å². The molecule has 0 aliphatic heterocycles. The van der Waals surface area contributed by atoms with E-state index in [9.17, 15) is 4.79 Å². The summed E-state index contributed by atoms with van der Waals surface area (Å²) in [7, 11) is 0. The second-order valence-electron chi connectivity index (χ2n) is 3.79. The number of hydrogen-bond acceptors (Lipinski definition) is 4. The molecule has 94 valence electrons. The summed E-state index contributed by atoms with van der Waals surface area (Å²) < 4.78 is 1.51. The summed E-state index contributed by atoms with van der Waals surface area (Å²) >= 11 is 7.30. The third-order valence-electron chi connectivity index (χ3n) is 2.61. The molecule has 0 saturated heterocycles. The van der Waals surface area contributed by atoms with Crippen molar-refractivity contribution in [3.8, 4) is 5.69 Å². The fourth-order valence-electron chi connectivity index (χ4n) is 1.72. The van der Waals surface area contributed by atoms with Gasteiger partial charge in [-0.3, -0.25) is 4.79 Å². The van der Waals surface area contributed by atoms with Gasteiger partial charge >= 0.3 is 0 Å². The van der Waals surface area contributed by atoms with Crippen LogP contribution in [0.1, 0.15) is 15.4 Å². The van der Waals surface area contributed by atoms with Crippen molar-refractivity contribution in [3.63, 3.8) is 0 Å². The highest BCUT2D eigenvalue weighted by Gasteiger charge is 2.19. The van der Waals surface area contributed by atoms with Crippen molar-refractivity contribution < 1.29 is 4.79 Å². The number of halogens is 1. The van der Waals surface area contributed by atoms with Crippen molar-refractivity contribution in [3.05, 3.63) is 63.6 Å². The van der Waals surface area contributed by atoms with Crippen LogP contribution in [0, 0.1) is 0 Å². The zero-order chi connectivity index (χ0) is 13.2. The third kappa shape index (κ3) is 2.18. The van der Waals surface area contributed by atoms with E-state index in [1.807, 2.05) is 30.3 Å². The molecule has 0 atom stereocenters. The van der Waals surface area contributed by atoms with Gasteiger partial charge < -0.3 is 0 Å². The zero-order valence-corrected chi connectivity index (χ0v) is 11.2. The Morgan fingerprint density at radius 2 is 2.00 bits per heavy atom. The van der Waals surface area contributed by atoms with Crippen LogP contribution in [0.3, 0.4) is 0 Å². The van der Waals surface area contributed by atoms with E-state index in [1.54, 1.807) is 11.4 Å². The van der Waals surface area contributed by atoms with E-state index in [0.717, 1.165) is 5.69 Å². The van der Waals surface area contributed by atoms with Gasteiger partial charge in [-0.25, -0.2) is 4.68 Å². The minimum absolute atomic E-state index is 0.172. The highest BCUT2D eigenvalue weighted by atomic mass is 35.5. The molecule has 19 heavy (non-hydrogen) atoms. The van der Waals surface area contributed by atoms with Crippen LogP contribution >= 0.6 is 22.9 Å². The van der Waals surface area contributed by atoms with Crippen molar-refractivity contribution in [2.75, 3.05) is 0 Å². The Balaban J connectivity index is 2.06. The maximum Gasteiger partial charge on any atom is 0.224 e. The first-order chi connectivity index (χ1) is 9.27. The summed E-state index contributed by atoms with van der Waals surface area (Å²) in [5, 5.41) is 10.0. The predicted octanol–water partition coefficient (Wildman–Crippen LogP) is 3.21. The fourth-order valence-corrected chi connectivity index (χ4v) is 2.81. The lowest BCUT2D eigenvalue weighted by Crippen LogP contribution is -2.09. The van der Waals surface area contributed by atoms with Crippen molar-refractivity contribution in [2.24, 2.45) is 0 Å². The lowest BCUT2D eigenvalue weighted by atomic mass is 10.2. The normalized spacial score (nSPS) is 10.6. The minimum atomic E-state index is -0.172. The molecule has 0 bridgehead atoms. The second kappa shape index (κ2) is 4.95. The maximum absolute atomic E-state index is 12.4. The van der Waals surface area contributed by atoms with Gasteiger partial charge in [-0.2, -0.15) is 0 Å². The Kier molecular flexibility index (Phi) is 3.15. The van der Waals surface area contributed by atoms with Crippen molar-refractivity contribution in [2.45, 2.75) is 0 Å². The van der Waals surface area contributed by atoms with E-state index in [-0.39, 0.29) is 5.78 Å². The first-order valence-corrected chi connectivity index (χ1v) is 6.77. The molecule has 0 fully saturated rings. The SMILES string of the molecule is O=C(c1sccc1Cl)c1cnnn1-c1ccccc1. The number of thiophene rings is 1. The quantitative estimate of drug-likeness (QED) is 0.696. The number of para-hydroxylation sites is 1. The summed E-state index contributed by atoms with van der Waals surface area (Å²) in [6.45, 7) is 0. The van der Waals surface area contributed by atoms with Gasteiger partial charge in [0.05, 0.1) is 21.8 Å². The van der Waals surface area contributed by atoms with Crippen LogP contribution in [0.5, 0.6) is 0 Å². The van der Waals surface area contributed by atoms with Crippen LogP contribution in [-0.4, -0.2) is 20.8 Å². The largest absolute Gasteiger partial charge is 0.286 e. The molecular weight excluding hydrogens is 282 g/mol. The number of carbonyl (C=O) groups excluding carboxylic acids is 1. The van der Waals surface area contributed by atoms with E-state index in [4.69, 9.17) is 11.6 Å². The predicted molar refractivity (Wildman–Crippen MR) is 74.1 cm³/mol. The van der Waals surface area contributed by atoms with Crippen LogP contribution in [-0.2, 0) is 0 Å². The molecule has 1 aromatic carbocycles. The van der Waals surface area contributed by atoms with E-state index in [0.29, 0.717) is 15.6 Å². The van der Waals surface area contributed by atoms with E-state index >= 15 is 0 Å². The maximum atomic E-state index is 12.4. The molecule has 0 amide bonds. The van der Waals surface area contributed by atoms with Gasteiger partial charge in [-0.15, -0.1) is 16.4 Å². The third-order valence-corrected chi connectivity index (χ3v) is 3.95. The van der Waals surface area contributed by atoms with E-state index in [2.05, 4.69) is 10.3 Å². The average Bonchev–Trinajstić information content (AvgIpc) is 3.07. The smallest absolute Gasteiger partial charge is 0.224 e. The van der Waals surface area contributed by atoms with Crippen molar-refractivity contribution in [1.82, 2.24) is 15.0 Å². The van der Waals surface area contributed by atoms with Gasteiger partial charge in [0.1, 0.15) is 5.69 Å². The summed E-state index contributed by atoms with van der Waals surface area (Å²) in [5.41, 5.74) is 1.19. The van der Waals surface area contributed by atoms with Crippen LogP contribution in [0.2, 0.25) is 5.02 Å². The monoisotopic (exact) mass is 289 g/mol. The molecule has 3 aromatic rings. The Hall–Kier alpha value is -1.98. The number of rotatable bonds is 3. The highest BCUT2D eigenvalue weighted by molar-refractivity contribution is 7.13. The number of ketones is 1. The van der Waals surface area contributed by atoms with Gasteiger partial charge in [-0.1, -0.05) is 35.0 Å². The standard InChI is InChI=1S/C13H8ClN3OS/c14-10-6-7-19-13(10)12(18)11-8-15-16-17(11)9-4-2-1-3-5-9/h1-8H. The molecule has 0 spiro atoms. The van der Waals surface area contributed by atoms with Gasteiger partial charge in [0.15, 0.2) is 0 Å². The topological polar surface area (TPSA) is 47.8 Å². The fraction of sp³-hybridized carbons (Fsp3) is 0. The summed E-state index contributed by atoms with van der Waals surface area (Å²) in [4.78, 5) is 12.9. The molecule has 3 rings (SSSR count). The molecule has 0 aliphatic rings. The molecule has 6 heteroatoms. The number of benzene rings is 1. The summed E-state index contributed by atoms with van der Waals surface area (Å²) in [6, 6.07) is 11.1. The van der Waals surface area contributed by atoms with Gasteiger partial charge in [-0.05, 0) is 23.6 Å². The summed E-state index contributed by atoms with van der Waals surface area (Å²) in [5.74, 6) is -0.172. The molecule has 0 N–H and O–H groups in total. The first-order valence-electron chi connectivity index (χ1n) is 5.51. The Bertz CT molecular complexity index is 720.